The molecule has 0 bridgehead atoms. The van der Waals surface area contributed by atoms with E-state index in [1.807, 2.05) is 6.92 Å². The number of hydrogen-bond acceptors (Lipinski definition) is 4. The summed E-state index contributed by atoms with van der Waals surface area (Å²) >= 11 is 1.57. The van der Waals surface area contributed by atoms with Crippen molar-refractivity contribution in [2.75, 3.05) is 13.1 Å². The number of aryl methyl sites for hydroxylation is 1. The summed E-state index contributed by atoms with van der Waals surface area (Å²) in [7, 11) is 0. The summed E-state index contributed by atoms with van der Waals surface area (Å²) in [5, 5.41) is 15.2. The van der Waals surface area contributed by atoms with Gasteiger partial charge in [0.05, 0.1) is 13.1 Å². The Morgan fingerprint density at radius 3 is 2.35 bits per heavy atom. The monoisotopic (exact) mass is 371 g/mol. The molecule has 0 saturated carbocycles. The van der Waals surface area contributed by atoms with Crippen molar-refractivity contribution < 1.29 is 10.0 Å². The Morgan fingerprint density at radius 1 is 1.08 bits per heavy atom. The van der Waals surface area contributed by atoms with Crippen molar-refractivity contribution in [3.8, 4) is 5.88 Å². The predicted octanol–water partition coefficient (Wildman–Crippen LogP) is 3.09. The fraction of sp³-hybridized carbons (Fsp3) is 0.500. The highest BCUT2D eigenvalue weighted by Crippen LogP contribution is 2.35. The van der Waals surface area contributed by atoms with Gasteiger partial charge in [-0.15, -0.1) is 5.10 Å². The lowest BCUT2D eigenvalue weighted by Gasteiger charge is -2.31. The minimum atomic E-state index is 0.144. The Labute approximate surface area is 158 Å². The number of benzene rings is 1. The average molecular weight is 372 g/mol. The lowest BCUT2D eigenvalue weighted by molar-refractivity contribution is -0.929. The van der Waals surface area contributed by atoms with Crippen LogP contribution in [0.25, 0.3) is 4.96 Å². The van der Waals surface area contributed by atoms with Crippen molar-refractivity contribution in [2.24, 2.45) is 0 Å². The van der Waals surface area contributed by atoms with Gasteiger partial charge in [0.25, 0.3) is 0 Å². The molecule has 4 rings (SSSR count). The number of nitrogens with one attached hydrogen (secondary N) is 1. The molecule has 1 aromatic carbocycles. The minimum Gasteiger partial charge on any atom is -0.492 e. The van der Waals surface area contributed by atoms with Gasteiger partial charge in [0, 0.05) is 5.56 Å². The molecule has 0 radical (unpaired) electrons. The molecule has 138 valence electrons. The second kappa shape index (κ2) is 7.00. The van der Waals surface area contributed by atoms with Gasteiger partial charge in [-0.2, -0.15) is 4.52 Å². The van der Waals surface area contributed by atoms with Gasteiger partial charge in [0.15, 0.2) is 6.04 Å². The van der Waals surface area contributed by atoms with Crippen molar-refractivity contribution in [1.29, 1.82) is 0 Å². The number of aromatic hydroxyl groups is 1. The topological polar surface area (TPSA) is 54.9 Å². The number of fused-ring (bicyclic) bond motifs is 1. The van der Waals surface area contributed by atoms with Crippen molar-refractivity contribution in [3.05, 3.63) is 46.1 Å². The molecule has 6 heteroatoms. The molecule has 1 atom stereocenters. The third-order valence-corrected chi connectivity index (χ3v) is 6.49. The van der Waals surface area contributed by atoms with Crippen LogP contribution in [0.4, 0.5) is 0 Å². The van der Waals surface area contributed by atoms with Crippen LogP contribution >= 0.6 is 11.3 Å². The molecule has 2 aromatic heterocycles. The summed E-state index contributed by atoms with van der Waals surface area (Å²) < 4.78 is 1.59. The van der Waals surface area contributed by atoms with E-state index in [4.69, 9.17) is 0 Å². The third-order valence-electron chi connectivity index (χ3n) is 5.41. The van der Waals surface area contributed by atoms with E-state index in [1.54, 1.807) is 15.9 Å². The van der Waals surface area contributed by atoms with E-state index in [-0.39, 0.29) is 11.9 Å². The van der Waals surface area contributed by atoms with E-state index in [2.05, 4.69) is 48.2 Å². The first-order valence-corrected chi connectivity index (χ1v) is 10.4. The second-order valence-electron chi connectivity index (χ2n) is 7.62. The molecule has 0 amide bonds. The molecular formula is C20H27N4OS+. The normalized spacial score (nSPS) is 17.2. The molecule has 0 unspecified atom stereocenters. The molecule has 1 saturated heterocycles. The number of rotatable bonds is 4. The Hall–Kier alpha value is -1.92. The predicted molar refractivity (Wildman–Crippen MR) is 104 cm³/mol. The Balaban J connectivity index is 1.78. The molecule has 26 heavy (non-hydrogen) atoms. The standard InChI is InChI=1S/C20H26N4OS/c1-13(2)15-7-9-16(10-8-15)17(23-11-5-4-6-12-23)18-19(25)24-20(26-18)21-14(3)22-24/h7-10,13,17,25H,4-6,11-12H2,1-3H3/p+1/t17-/m1/s1. The van der Waals surface area contributed by atoms with Crippen LogP contribution in [0.15, 0.2) is 24.3 Å². The van der Waals surface area contributed by atoms with Crippen LogP contribution in [0.1, 0.15) is 66.9 Å². The molecular weight excluding hydrogens is 344 g/mol. The van der Waals surface area contributed by atoms with E-state index in [0.29, 0.717) is 11.7 Å². The quantitative estimate of drug-likeness (QED) is 0.741. The number of quaternary nitrogens is 1. The summed E-state index contributed by atoms with van der Waals surface area (Å²) in [4.78, 5) is 7.74. The highest BCUT2D eigenvalue weighted by atomic mass is 32.1. The zero-order chi connectivity index (χ0) is 18.3. The summed E-state index contributed by atoms with van der Waals surface area (Å²) in [5.74, 6) is 1.47. The first-order valence-electron chi connectivity index (χ1n) is 9.54. The van der Waals surface area contributed by atoms with Crippen molar-refractivity contribution in [2.45, 2.75) is 52.0 Å². The van der Waals surface area contributed by atoms with Crippen LogP contribution in [-0.4, -0.2) is 32.8 Å². The van der Waals surface area contributed by atoms with Crippen LogP contribution in [0.3, 0.4) is 0 Å². The Kier molecular flexibility index (Phi) is 4.71. The van der Waals surface area contributed by atoms with Crippen LogP contribution < -0.4 is 4.90 Å². The summed E-state index contributed by atoms with van der Waals surface area (Å²) in [6, 6.07) is 9.08. The number of likely N-dealkylation sites (tertiary alicyclic amines) is 1. The number of hydrogen-bond donors (Lipinski definition) is 2. The van der Waals surface area contributed by atoms with Gasteiger partial charge < -0.3 is 10.0 Å². The highest BCUT2D eigenvalue weighted by Gasteiger charge is 2.33. The molecule has 0 aliphatic carbocycles. The van der Waals surface area contributed by atoms with E-state index in [0.717, 1.165) is 22.9 Å². The van der Waals surface area contributed by atoms with Gasteiger partial charge in [-0.05, 0) is 37.7 Å². The zero-order valence-electron chi connectivity index (χ0n) is 15.7. The van der Waals surface area contributed by atoms with Crippen molar-refractivity contribution in [3.63, 3.8) is 0 Å². The first kappa shape index (κ1) is 17.5. The van der Waals surface area contributed by atoms with Crippen LogP contribution in [0, 0.1) is 6.92 Å². The smallest absolute Gasteiger partial charge is 0.235 e. The Morgan fingerprint density at radius 2 is 1.73 bits per heavy atom. The maximum atomic E-state index is 10.9. The average Bonchev–Trinajstić information content (AvgIpc) is 3.14. The van der Waals surface area contributed by atoms with E-state index in [9.17, 15) is 5.11 Å². The van der Waals surface area contributed by atoms with Crippen molar-refractivity contribution >= 4 is 16.3 Å². The fourth-order valence-electron chi connectivity index (χ4n) is 3.98. The van der Waals surface area contributed by atoms with Gasteiger partial charge in [-0.3, -0.25) is 0 Å². The molecule has 1 aliphatic rings. The van der Waals surface area contributed by atoms with Crippen molar-refractivity contribution in [1.82, 2.24) is 14.6 Å². The fourth-order valence-corrected chi connectivity index (χ4v) is 5.16. The largest absolute Gasteiger partial charge is 0.492 e. The SMILES string of the molecule is Cc1nc2sc([C@@H](c3ccc(C(C)C)cc3)[NH+]3CCCCC3)c(O)n2n1. The molecule has 1 fully saturated rings. The van der Waals surface area contributed by atoms with Crippen LogP contribution in [-0.2, 0) is 0 Å². The lowest BCUT2D eigenvalue weighted by Crippen LogP contribution is -3.13. The highest BCUT2D eigenvalue weighted by molar-refractivity contribution is 7.17. The zero-order valence-corrected chi connectivity index (χ0v) is 16.5. The second-order valence-corrected chi connectivity index (χ2v) is 8.63. The molecule has 2 N–H and O–H groups in total. The maximum absolute atomic E-state index is 10.9. The van der Waals surface area contributed by atoms with Gasteiger partial charge in [-0.25, -0.2) is 4.98 Å². The van der Waals surface area contributed by atoms with E-state index in [1.165, 1.54) is 35.3 Å². The summed E-state index contributed by atoms with van der Waals surface area (Å²) in [6.07, 6.45) is 3.80. The molecule has 1 aliphatic heterocycles. The van der Waals surface area contributed by atoms with Crippen LogP contribution in [0.5, 0.6) is 5.88 Å². The third kappa shape index (κ3) is 3.12. The van der Waals surface area contributed by atoms with Gasteiger partial charge >= 0.3 is 0 Å². The lowest BCUT2D eigenvalue weighted by atomic mass is 9.96. The van der Waals surface area contributed by atoms with Gasteiger partial charge in [-0.1, -0.05) is 49.4 Å². The number of piperidine rings is 1. The molecule has 3 aromatic rings. The first-order chi connectivity index (χ1) is 12.5. The van der Waals surface area contributed by atoms with Gasteiger partial charge in [0.1, 0.15) is 10.7 Å². The van der Waals surface area contributed by atoms with E-state index < -0.39 is 0 Å². The van der Waals surface area contributed by atoms with Crippen LogP contribution in [0.2, 0.25) is 0 Å². The number of aromatic nitrogens is 3. The summed E-state index contributed by atoms with van der Waals surface area (Å²) in [5.41, 5.74) is 2.62. The molecule has 5 nitrogen and oxygen atoms in total. The Bertz CT molecular complexity index is 891. The molecule has 0 spiro atoms. The molecule has 3 heterocycles. The number of thiazole rings is 1. The minimum absolute atomic E-state index is 0.144. The number of nitrogens with zero attached hydrogens (tertiary/aromatic N) is 3. The van der Waals surface area contributed by atoms with E-state index >= 15 is 0 Å². The maximum Gasteiger partial charge on any atom is 0.235 e. The van der Waals surface area contributed by atoms with Gasteiger partial charge in [0.2, 0.25) is 10.8 Å². The summed E-state index contributed by atoms with van der Waals surface area (Å²) in [6.45, 7) is 8.58.